The average molecular weight is 322 g/mol. The van der Waals surface area contributed by atoms with Crippen molar-refractivity contribution in [1.29, 1.82) is 0 Å². The quantitative estimate of drug-likeness (QED) is 0.316. The van der Waals surface area contributed by atoms with Crippen LogP contribution in [0.25, 0.3) is 0 Å². The molecular weight excluding hydrogens is 296 g/mol. The first kappa shape index (κ1) is 19.0. The van der Waals surface area contributed by atoms with Crippen LogP contribution in [0.4, 0.5) is 0 Å². The molecule has 5 heteroatoms. The summed E-state index contributed by atoms with van der Waals surface area (Å²) in [6, 6.07) is 6.88. The molecule has 1 rings (SSSR count). The van der Waals surface area contributed by atoms with Crippen LogP contribution >= 0.6 is 0 Å². The number of carbonyl (C=O) groups is 2. The Labute approximate surface area is 137 Å². The SMILES string of the molecule is CCCCOC(=O)C(C)(C)C(=O)Oc1ccccc1OC(C)C. The van der Waals surface area contributed by atoms with Crippen LogP contribution < -0.4 is 9.47 Å². The smallest absolute Gasteiger partial charge is 0.328 e. The van der Waals surface area contributed by atoms with Crippen molar-refractivity contribution < 1.29 is 23.8 Å². The van der Waals surface area contributed by atoms with Crippen LogP contribution in [-0.4, -0.2) is 24.6 Å². The minimum Gasteiger partial charge on any atom is -0.487 e. The number of rotatable bonds is 8. The van der Waals surface area contributed by atoms with E-state index in [1.54, 1.807) is 24.3 Å². The predicted molar refractivity (Wildman–Crippen MR) is 87.5 cm³/mol. The molecule has 0 atom stereocenters. The summed E-state index contributed by atoms with van der Waals surface area (Å²) in [7, 11) is 0. The van der Waals surface area contributed by atoms with Crippen molar-refractivity contribution in [2.24, 2.45) is 5.41 Å². The number of ether oxygens (including phenoxy) is 3. The fraction of sp³-hybridized carbons (Fsp3) is 0.556. The minimum absolute atomic E-state index is 0.0538. The van der Waals surface area contributed by atoms with E-state index < -0.39 is 17.4 Å². The van der Waals surface area contributed by atoms with Gasteiger partial charge in [0.2, 0.25) is 0 Å². The van der Waals surface area contributed by atoms with Gasteiger partial charge in [0.05, 0.1) is 12.7 Å². The lowest BCUT2D eigenvalue weighted by Crippen LogP contribution is -2.38. The van der Waals surface area contributed by atoms with Crippen LogP contribution in [0.1, 0.15) is 47.5 Å². The molecule has 0 aromatic heterocycles. The van der Waals surface area contributed by atoms with E-state index in [0.717, 1.165) is 12.8 Å². The van der Waals surface area contributed by atoms with E-state index in [1.807, 2.05) is 20.8 Å². The zero-order valence-corrected chi connectivity index (χ0v) is 14.5. The molecule has 0 heterocycles. The molecule has 0 amide bonds. The first-order valence-electron chi connectivity index (χ1n) is 7.94. The molecule has 0 fully saturated rings. The van der Waals surface area contributed by atoms with Gasteiger partial charge in [-0.2, -0.15) is 0 Å². The van der Waals surface area contributed by atoms with E-state index in [4.69, 9.17) is 14.2 Å². The summed E-state index contributed by atoms with van der Waals surface area (Å²) in [5.74, 6) is -0.497. The first-order valence-corrected chi connectivity index (χ1v) is 7.94. The first-order chi connectivity index (χ1) is 10.8. The lowest BCUT2D eigenvalue weighted by Gasteiger charge is -2.21. The number of hydrogen-bond donors (Lipinski definition) is 0. The molecule has 1 aromatic rings. The van der Waals surface area contributed by atoms with Crippen molar-refractivity contribution in [2.45, 2.75) is 53.6 Å². The highest BCUT2D eigenvalue weighted by Gasteiger charge is 2.40. The number of unbranched alkanes of at least 4 members (excludes halogenated alkanes) is 1. The summed E-state index contributed by atoms with van der Waals surface area (Å²) < 4.78 is 16.1. The van der Waals surface area contributed by atoms with Crippen molar-refractivity contribution in [2.75, 3.05) is 6.61 Å². The van der Waals surface area contributed by atoms with Crippen LogP contribution in [0.3, 0.4) is 0 Å². The Morgan fingerprint density at radius 3 is 2.26 bits per heavy atom. The molecular formula is C18H26O5. The van der Waals surface area contributed by atoms with Gasteiger partial charge in [0.25, 0.3) is 0 Å². The Kier molecular flexibility index (Phi) is 7.07. The van der Waals surface area contributed by atoms with Crippen molar-refractivity contribution in [3.63, 3.8) is 0 Å². The Balaban J connectivity index is 2.80. The van der Waals surface area contributed by atoms with Gasteiger partial charge >= 0.3 is 11.9 Å². The van der Waals surface area contributed by atoms with Crippen LogP contribution in [0.2, 0.25) is 0 Å². The molecule has 0 spiro atoms. The van der Waals surface area contributed by atoms with Gasteiger partial charge in [-0.1, -0.05) is 25.5 Å². The van der Waals surface area contributed by atoms with E-state index in [9.17, 15) is 9.59 Å². The topological polar surface area (TPSA) is 61.8 Å². The third-order valence-electron chi connectivity index (χ3n) is 3.17. The molecule has 0 aliphatic heterocycles. The van der Waals surface area contributed by atoms with Crippen molar-refractivity contribution >= 4 is 11.9 Å². The fourth-order valence-electron chi connectivity index (χ4n) is 1.69. The van der Waals surface area contributed by atoms with Gasteiger partial charge in [-0.15, -0.1) is 0 Å². The van der Waals surface area contributed by atoms with Gasteiger partial charge in [0.1, 0.15) is 0 Å². The summed E-state index contributed by atoms with van der Waals surface area (Å²) in [6.45, 7) is 9.06. The Bertz CT molecular complexity index is 534. The number of benzene rings is 1. The second-order valence-electron chi connectivity index (χ2n) is 6.12. The highest BCUT2D eigenvalue weighted by atomic mass is 16.6. The molecule has 23 heavy (non-hydrogen) atoms. The summed E-state index contributed by atoms with van der Waals surface area (Å²) in [5.41, 5.74) is -1.38. The second kappa shape index (κ2) is 8.56. The summed E-state index contributed by atoms with van der Waals surface area (Å²) in [4.78, 5) is 24.4. The molecule has 5 nitrogen and oxygen atoms in total. The molecule has 0 radical (unpaired) electrons. The maximum Gasteiger partial charge on any atom is 0.328 e. The predicted octanol–water partition coefficient (Wildman–Crippen LogP) is 3.75. The van der Waals surface area contributed by atoms with Crippen LogP contribution in [-0.2, 0) is 14.3 Å². The van der Waals surface area contributed by atoms with E-state index in [-0.39, 0.29) is 6.10 Å². The zero-order chi connectivity index (χ0) is 17.5. The number of carbonyl (C=O) groups excluding carboxylic acids is 2. The zero-order valence-electron chi connectivity index (χ0n) is 14.5. The fourth-order valence-corrected chi connectivity index (χ4v) is 1.69. The monoisotopic (exact) mass is 322 g/mol. The maximum absolute atomic E-state index is 12.4. The number of esters is 2. The average Bonchev–Trinajstić information content (AvgIpc) is 2.48. The molecule has 0 saturated heterocycles. The highest BCUT2D eigenvalue weighted by Crippen LogP contribution is 2.30. The Morgan fingerprint density at radius 2 is 1.70 bits per heavy atom. The van der Waals surface area contributed by atoms with Crippen molar-refractivity contribution in [3.05, 3.63) is 24.3 Å². The maximum atomic E-state index is 12.4. The van der Waals surface area contributed by atoms with Crippen LogP contribution in [0.5, 0.6) is 11.5 Å². The molecule has 1 aromatic carbocycles. The normalized spacial score (nSPS) is 11.2. The van der Waals surface area contributed by atoms with Gasteiger partial charge in [-0.3, -0.25) is 9.59 Å². The second-order valence-corrected chi connectivity index (χ2v) is 6.12. The molecule has 0 unspecified atom stereocenters. The van der Waals surface area contributed by atoms with Gasteiger partial charge in [0, 0.05) is 0 Å². The van der Waals surface area contributed by atoms with Gasteiger partial charge in [-0.05, 0) is 46.2 Å². The molecule has 128 valence electrons. The van der Waals surface area contributed by atoms with E-state index in [1.165, 1.54) is 13.8 Å². The number of para-hydroxylation sites is 2. The highest BCUT2D eigenvalue weighted by molar-refractivity contribution is 6.00. The van der Waals surface area contributed by atoms with Crippen LogP contribution in [0, 0.1) is 5.41 Å². The van der Waals surface area contributed by atoms with Crippen LogP contribution in [0.15, 0.2) is 24.3 Å². The summed E-state index contributed by atoms with van der Waals surface area (Å²) in [5, 5.41) is 0. The van der Waals surface area contributed by atoms with E-state index in [2.05, 4.69) is 0 Å². The van der Waals surface area contributed by atoms with Crippen molar-refractivity contribution in [1.82, 2.24) is 0 Å². The Morgan fingerprint density at radius 1 is 1.09 bits per heavy atom. The molecule has 0 N–H and O–H groups in total. The summed E-state index contributed by atoms with van der Waals surface area (Å²) >= 11 is 0. The minimum atomic E-state index is -1.38. The van der Waals surface area contributed by atoms with Gasteiger partial charge in [-0.25, -0.2) is 0 Å². The largest absolute Gasteiger partial charge is 0.487 e. The molecule has 0 aliphatic rings. The molecule has 0 bridgehead atoms. The molecule has 0 aliphatic carbocycles. The van der Waals surface area contributed by atoms with Crippen molar-refractivity contribution in [3.8, 4) is 11.5 Å². The third-order valence-corrected chi connectivity index (χ3v) is 3.17. The number of hydrogen-bond acceptors (Lipinski definition) is 5. The van der Waals surface area contributed by atoms with E-state index in [0.29, 0.717) is 18.1 Å². The lowest BCUT2D eigenvalue weighted by molar-refractivity contribution is -0.164. The summed E-state index contributed by atoms with van der Waals surface area (Å²) in [6.07, 6.45) is 1.63. The standard InChI is InChI=1S/C18H26O5/c1-6-7-12-21-16(19)18(4,5)17(20)23-15-11-9-8-10-14(15)22-13(2)3/h8-11,13H,6-7,12H2,1-5H3. The van der Waals surface area contributed by atoms with Gasteiger partial charge in [0.15, 0.2) is 16.9 Å². The van der Waals surface area contributed by atoms with E-state index >= 15 is 0 Å². The third kappa shape index (κ3) is 5.58. The Hall–Kier alpha value is -2.04. The molecule has 0 saturated carbocycles. The lowest BCUT2D eigenvalue weighted by atomic mass is 9.94. The van der Waals surface area contributed by atoms with Gasteiger partial charge < -0.3 is 14.2 Å².